The van der Waals surface area contributed by atoms with Crippen LogP contribution in [0.1, 0.15) is 55.4 Å². The van der Waals surface area contributed by atoms with Gasteiger partial charge in [0.1, 0.15) is 0 Å². The van der Waals surface area contributed by atoms with E-state index in [0.717, 1.165) is 18.9 Å². The van der Waals surface area contributed by atoms with Crippen molar-refractivity contribution in [2.24, 2.45) is 0 Å². The Morgan fingerprint density at radius 1 is 1.61 bits per heavy atom. The van der Waals surface area contributed by atoms with Gasteiger partial charge in [0.15, 0.2) is 0 Å². The smallest absolute Gasteiger partial charge is 0.0139 e. The Morgan fingerprint density at radius 3 is 3.28 bits per heavy atom. The zero-order chi connectivity index (χ0) is 12.8. The van der Waals surface area contributed by atoms with Crippen LogP contribution in [0, 0.1) is 0 Å². The monoisotopic (exact) mass is 263 g/mol. The summed E-state index contributed by atoms with van der Waals surface area (Å²) in [5.74, 6) is 0.728. The van der Waals surface area contributed by atoms with E-state index in [4.69, 9.17) is 0 Å². The van der Waals surface area contributed by atoms with E-state index in [0.29, 0.717) is 6.04 Å². The zero-order valence-corrected chi connectivity index (χ0v) is 12.3. The molecule has 0 saturated heterocycles. The van der Waals surface area contributed by atoms with Crippen molar-refractivity contribution < 1.29 is 0 Å². The number of nitrogens with one attached hydrogen (secondary N) is 1. The molecule has 0 fully saturated rings. The topological polar surface area (TPSA) is 12.0 Å². The van der Waals surface area contributed by atoms with Crippen LogP contribution in [-0.2, 0) is 6.42 Å². The Kier molecular flexibility index (Phi) is 5.45. The molecule has 1 N–H and O–H groups in total. The maximum absolute atomic E-state index is 3.87. The lowest BCUT2D eigenvalue weighted by molar-refractivity contribution is 0.377. The number of allylic oxidation sites excluding steroid dienone is 1. The molecular formula is C16H25NS. The number of thiophene rings is 1. The second kappa shape index (κ2) is 7.10. The molecule has 2 atom stereocenters. The van der Waals surface area contributed by atoms with Gasteiger partial charge >= 0.3 is 0 Å². The number of hydrogen-bond acceptors (Lipinski definition) is 2. The fourth-order valence-electron chi connectivity index (χ4n) is 3.01. The van der Waals surface area contributed by atoms with Gasteiger partial charge < -0.3 is 5.32 Å². The molecule has 1 nitrogen and oxygen atoms in total. The van der Waals surface area contributed by atoms with Crippen molar-refractivity contribution in [1.29, 1.82) is 0 Å². The van der Waals surface area contributed by atoms with E-state index in [2.05, 4.69) is 36.3 Å². The van der Waals surface area contributed by atoms with E-state index < -0.39 is 0 Å². The van der Waals surface area contributed by atoms with Crippen LogP contribution in [0.3, 0.4) is 0 Å². The molecule has 0 bridgehead atoms. The van der Waals surface area contributed by atoms with Gasteiger partial charge in [-0.25, -0.2) is 0 Å². The summed E-state index contributed by atoms with van der Waals surface area (Å²) >= 11 is 1.95. The number of fused-ring (bicyclic) bond motifs is 1. The van der Waals surface area contributed by atoms with Crippen molar-refractivity contribution in [3.8, 4) is 0 Å². The van der Waals surface area contributed by atoms with Gasteiger partial charge in [0.2, 0.25) is 0 Å². The van der Waals surface area contributed by atoms with Crippen LogP contribution in [0.25, 0.3) is 0 Å². The summed E-state index contributed by atoms with van der Waals surface area (Å²) in [7, 11) is 0. The first-order chi connectivity index (χ1) is 8.86. The van der Waals surface area contributed by atoms with Crippen molar-refractivity contribution in [1.82, 2.24) is 5.32 Å². The standard InChI is InChI=1S/C16H25NS/c1-3-5-8-15(17-11-4-2)13-7-6-9-16-14(13)10-12-18-16/h3,10,12-13,15,17H,1,4-9,11H2,2H3. The largest absolute Gasteiger partial charge is 0.313 e. The van der Waals surface area contributed by atoms with E-state index in [1.165, 1.54) is 32.1 Å². The predicted molar refractivity (Wildman–Crippen MR) is 81.5 cm³/mol. The molecule has 1 aliphatic carbocycles. The van der Waals surface area contributed by atoms with Crippen LogP contribution in [0.15, 0.2) is 24.1 Å². The molecule has 0 amide bonds. The SMILES string of the molecule is C=CCCC(NCCC)C1CCCc2sccc21. The average molecular weight is 263 g/mol. The minimum Gasteiger partial charge on any atom is -0.313 e. The van der Waals surface area contributed by atoms with Crippen LogP contribution < -0.4 is 5.32 Å². The molecule has 2 rings (SSSR count). The Morgan fingerprint density at radius 2 is 2.50 bits per heavy atom. The van der Waals surface area contributed by atoms with Gasteiger partial charge in [-0.2, -0.15) is 0 Å². The van der Waals surface area contributed by atoms with Crippen molar-refractivity contribution in [2.45, 2.75) is 57.4 Å². The Labute approximate surface area is 115 Å². The Balaban J connectivity index is 2.08. The van der Waals surface area contributed by atoms with Crippen LogP contribution in [-0.4, -0.2) is 12.6 Å². The second-order valence-electron chi connectivity index (χ2n) is 5.22. The predicted octanol–water partition coefficient (Wildman–Crippen LogP) is 4.50. The molecule has 2 heteroatoms. The molecular weight excluding hydrogens is 238 g/mol. The van der Waals surface area contributed by atoms with Gasteiger partial charge in [-0.15, -0.1) is 17.9 Å². The van der Waals surface area contributed by atoms with E-state index in [-0.39, 0.29) is 0 Å². The molecule has 1 aromatic heterocycles. The fraction of sp³-hybridized carbons (Fsp3) is 0.625. The van der Waals surface area contributed by atoms with Crippen LogP contribution >= 0.6 is 11.3 Å². The van der Waals surface area contributed by atoms with Gasteiger partial charge in [-0.05, 0) is 62.1 Å². The summed E-state index contributed by atoms with van der Waals surface area (Å²) < 4.78 is 0. The molecule has 100 valence electrons. The summed E-state index contributed by atoms with van der Waals surface area (Å²) in [4.78, 5) is 1.63. The second-order valence-corrected chi connectivity index (χ2v) is 6.23. The highest BCUT2D eigenvalue weighted by atomic mass is 32.1. The quantitative estimate of drug-likeness (QED) is 0.714. The zero-order valence-electron chi connectivity index (χ0n) is 11.5. The van der Waals surface area contributed by atoms with Crippen molar-refractivity contribution in [2.75, 3.05) is 6.54 Å². The highest BCUT2D eigenvalue weighted by Gasteiger charge is 2.27. The van der Waals surface area contributed by atoms with Gasteiger partial charge in [-0.1, -0.05) is 13.0 Å². The van der Waals surface area contributed by atoms with Crippen molar-refractivity contribution in [3.05, 3.63) is 34.5 Å². The lowest BCUT2D eigenvalue weighted by Crippen LogP contribution is -2.36. The van der Waals surface area contributed by atoms with Crippen molar-refractivity contribution in [3.63, 3.8) is 0 Å². The van der Waals surface area contributed by atoms with Gasteiger partial charge in [-0.3, -0.25) is 0 Å². The highest BCUT2D eigenvalue weighted by molar-refractivity contribution is 7.10. The lowest BCUT2D eigenvalue weighted by atomic mass is 9.81. The molecule has 0 aliphatic heterocycles. The van der Waals surface area contributed by atoms with E-state index >= 15 is 0 Å². The molecule has 0 spiro atoms. The first-order valence-corrected chi connectivity index (χ1v) is 8.15. The van der Waals surface area contributed by atoms with Gasteiger partial charge in [0.25, 0.3) is 0 Å². The fourth-order valence-corrected chi connectivity index (χ4v) is 4.01. The first-order valence-electron chi connectivity index (χ1n) is 7.27. The van der Waals surface area contributed by atoms with Crippen LogP contribution in [0.5, 0.6) is 0 Å². The molecule has 0 saturated carbocycles. The molecule has 2 unspecified atom stereocenters. The summed E-state index contributed by atoms with van der Waals surface area (Å²) in [6.45, 7) is 7.25. The molecule has 18 heavy (non-hydrogen) atoms. The lowest BCUT2D eigenvalue weighted by Gasteiger charge is -2.31. The van der Waals surface area contributed by atoms with Crippen molar-refractivity contribution >= 4 is 11.3 Å². The van der Waals surface area contributed by atoms with Gasteiger partial charge in [0.05, 0.1) is 0 Å². The minimum atomic E-state index is 0.636. The third kappa shape index (κ3) is 3.24. The summed E-state index contributed by atoms with van der Waals surface area (Å²) in [5, 5.41) is 6.03. The average Bonchev–Trinajstić information content (AvgIpc) is 2.87. The number of aryl methyl sites for hydroxylation is 1. The number of rotatable bonds is 7. The summed E-state index contributed by atoms with van der Waals surface area (Å²) in [5.41, 5.74) is 1.63. The number of hydrogen-bond donors (Lipinski definition) is 1. The normalized spacial score (nSPS) is 20.4. The first kappa shape index (κ1) is 13.8. The van der Waals surface area contributed by atoms with E-state index in [1.807, 2.05) is 11.3 Å². The summed E-state index contributed by atoms with van der Waals surface area (Å²) in [6, 6.07) is 3.00. The van der Waals surface area contributed by atoms with E-state index in [9.17, 15) is 0 Å². The van der Waals surface area contributed by atoms with Gasteiger partial charge in [0, 0.05) is 16.8 Å². The maximum Gasteiger partial charge on any atom is 0.0139 e. The van der Waals surface area contributed by atoms with E-state index in [1.54, 1.807) is 10.4 Å². The van der Waals surface area contributed by atoms with Crippen LogP contribution in [0.4, 0.5) is 0 Å². The Hall–Kier alpha value is -0.600. The molecule has 0 aromatic carbocycles. The van der Waals surface area contributed by atoms with Crippen LogP contribution in [0.2, 0.25) is 0 Å². The highest BCUT2D eigenvalue weighted by Crippen LogP contribution is 2.38. The molecule has 1 heterocycles. The Bertz CT molecular complexity index is 369. The summed E-state index contributed by atoms with van der Waals surface area (Å²) in [6.07, 6.45) is 9.62. The molecule has 1 aliphatic rings. The minimum absolute atomic E-state index is 0.636. The maximum atomic E-state index is 3.87. The third-order valence-electron chi connectivity index (χ3n) is 3.92. The molecule has 1 aromatic rings. The molecule has 0 radical (unpaired) electrons. The third-order valence-corrected chi connectivity index (χ3v) is 4.92.